The smallest absolute Gasteiger partial charge is 0.260 e. The Balaban J connectivity index is 2.45. The number of hydrogen-bond acceptors (Lipinski definition) is 5. The normalized spacial score (nSPS) is 13.0. The SMILES string of the molecule is Cc1ccc([N+](=O)[O-])cc1S(=O)(=O)N(C)C(C)c1ccccn1. The van der Waals surface area contributed by atoms with Gasteiger partial charge in [-0.05, 0) is 31.5 Å². The maximum atomic E-state index is 12.8. The molecule has 0 saturated carbocycles. The Hall–Kier alpha value is -2.32. The highest BCUT2D eigenvalue weighted by Gasteiger charge is 2.29. The number of nitrogens with zero attached hydrogens (tertiary/aromatic N) is 3. The molecule has 0 N–H and O–H groups in total. The molecule has 2 rings (SSSR count). The zero-order valence-electron chi connectivity index (χ0n) is 13.0. The summed E-state index contributed by atoms with van der Waals surface area (Å²) in [5, 5.41) is 10.9. The van der Waals surface area contributed by atoms with Gasteiger partial charge >= 0.3 is 0 Å². The van der Waals surface area contributed by atoms with E-state index >= 15 is 0 Å². The van der Waals surface area contributed by atoms with E-state index in [2.05, 4.69) is 4.98 Å². The molecule has 1 aromatic carbocycles. The van der Waals surface area contributed by atoms with E-state index in [4.69, 9.17) is 0 Å². The molecule has 0 fully saturated rings. The number of pyridine rings is 1. The van der Waals surface area contributed by atoms with Crippen molar-refractivity contribution in [1.29, 1.82) is 0 Å². The monoisotopic (exact) mass is 335 g/mol. The van der Waals surface area contributed by atoms with Crippen LogP contribution < -0.4 is 0 Å². The Bertz CT molecular complexity index is 822. The fraction of sp³-hybridized carbons (Fsp3) is 0.267. The summed E-state index contributed by atoms with van der Waals surface area (Å²) in [4.78, 5) is 14.4. The Morgan fingerprint density at radius 1 is 1.26 bits per heavy atom. The third kappa shape index (κ3) is 3.38. The minimum atomic E-state index is -3.88. The fourth-order valence-electron chi connectivity index (χ4n) is 2.15. The highest BCUT2D eigenvalue weighted by atomic mass is 32.2. The van der Waals surface area contributed by atoms with Crippen molar-refractivity contribution in [3.05, 3.63) is 64.0 Å². The van der Waals surface area contributed by atoms with Gasteiger partial charge in [0.2, 0.25) is 10.0 Å². The molecule has 8 heteroatoms. The van der Waals surface area contributed by atoms with E-state index in [-0.39, 0.29) is 10.6 Å². The van der Waals surface area contributed by atoms with Gasteiger partial charge in [0, 0.05) is 25.4 Å². The van der Waals surface area contributed by atoms with E-state index in [0.29, 0.717) is 11.3 Å². The van der Waals surface area contributed by atoms with Crippen LogP contribution in [0.1, 0.15) is 24.2 Å². The molecule has 1 aromatic heterocycles. The van der Waals surface area contributed by atoms with Crippen molar-refractivity contribution < 1.29 is 13.3 Å². The molecule has 23 heavy (non-hydrogen) atoms. The minimum Gasteiger partial charge on any atom is -0.260 e. The number of rotatable bonds is 5. The lowest BCUT2D eigenvalue weighted by Crippen LogP contribution is -2.30. The van der Waals surface area contributed by atoms with Crippen LogP contribution in [-0.2, 0) is 10.0 Å². The average Bonchev–Trinajstić information content (AvgIpc) is 2.54. The molecule has 0 aliphatic rings. The molecule has 1 unspecified atom stereocenters. The van der Waals surface area contributed by atoms with E-state index in [1.54, 1.807) is 38.2 Å². The number of nitro benzene ring substituents is 1. The van der Waals surface area contributed by atoms with Crippen LogP contribution in [0.4, 0.5) is 5.69 Å². The summed E-state index contributed by atoms with van der Waals surface area (Å²) in [5.74, 6) is 0. The predicted octanol–water partition coefficient (Wildman–Crippen LogP) is 2.68. The highest BCUT2D eigenvalue weighted by molar-refractivity contribution is 7.89. The second-order valence-electron chi connectivity index (χ2n) is 5.16. The standard InChI is InChI=1S/C15H17N3O4S/c1-11-7-8-13(18(19)20)10-15(11)23(21,22)17(3)12(2)14-6-4-5-9-16-14/h4-10,12H,1-3H3. The van der Waals surface area contributed by atoms with Gasteiger partial charge < -0.3 is 0 Å². The van der Waals surface area contributed by atoms with E-state index < -0.39 is 21.0 Å². The molecule has 0 bridgehead atoms. The van der Waals surface area contributed by atoms with Gasteiger partial charge in [0.1, 0.15) is 0 Å². The van der Waals surface area contributed by atoms with Crippen LogP contribution in [0.25, 0.3) is 0 Å². The van der Waals surface area contributed by atoms with Gasteiger partial charge in [-0.1, -0.05) is 12.1 Å². The second-order valence-corrected chi connectivity index (χ2v) is 7.12. The molecule has 0 saturated heterocycles. The van der Waals surface area contributed by atoms with E-state index in [1.807, 2.05) is 0 Å². The molecule has 1 heterocycles. The van der Waals surface area contributed by atoms with E-state index in [0.717, 1.165) is 6.07 Å². The molecule has 0 amide bonds. The van der Waals surface area contributed by atoms with Crippen molar-refractivity contribution in [3.63, 3.8) is 0 Å². The molecule has 2 aromatic rings. The highest BCUT2D eigenvalue weighted by Crippen LogP contribution is 2.28. The molecule has 0 aliphatic heterocycles. The molecular formula is C15H17N3O4S. The van der Waals surface area contributed by atoms with Gasteiger partial charge in [-0.25, -0.2) is 8.42 Å². The van der Waals surface area contributed by atoms with Crippen molar-refractivity contribution in [1.82, 2.24) is 9.29 Å². The summed E-state index contributed by atoms with van der Waals surface area (Å²) in [6, 6.07) is 8.57. The molecule has 122 valence electrons. The van der Waals surface area contributed by atoms with Gasteiger partial charge in [-0.15, -0.1) is 0 Å². The number of sulfonamides is 1. The third-order valence-corrected chi connectivity index (χ3v) is 5.77. The summed E-state index contributed by atoms with van der Waals surface area (Å²) in [7, 11) is -2.45. The van der Waals surface area contributed by atoms with Crippen molar-refractivity contribution in [2.75, 3.05) is 7.05 Å². The zero-order chi connectivity index (χ0) is 17.2. The van der Waals surface area contributed by atoms with Crippen LogP contribution in [-0.4, -0.2) is 29.7 Å². The Kier molecular flexibility index (Phi) is 4.76. The zero-order valence-corrected chi connectivity index (χ0v) is 13.8. The third-order valence-electron chi connectivity index (χ3n) is 3.70. The van der Waals surface area contributed by atoms with Crippen LogP contribution in [0, 0.1) is 17.0 Å². The van der Waals surface area contributed by atoms with Gasteiger partial charge in [0.05, 0.1) is 21.6 Å². The number of nitro groups is 1. The maximum absolute atomic E-state index is 12.8. The van der Waals surface area contributed by atoms with E-state index in [9.17, 15) is 18.5 Å². The van der Waals surface area contributed by atoms with Crippen LogP contribution in [0.3, 0.4) is 0 Å². The van der Waals surface area contributed by atoms with Gasteiger partial charge in [0.15, 0.2) is 0 Å². The number of hydrogen-bond donors (Lipinski definition) is 0. The van der Waals surface area contributed by atoms with Gasteiger partial charge in [0.25, 0.3) is 5.69 Å². The number of aromatic nitrogens is 1. The lowest BCUT2D eigenvalue weighted by atomic mass is 10.2. The van der Waals surface area contributed by atoms with Crippen LogP contribution in [0.5, 0.6) is 0 Å². The Morgan fingerprint density at radius 3 is 2.52 bits per heavy atom. The molecular weight excluding hydrogens is 318 g/mol. The van der Waals surface area contributed by atoms with Crippen molar-refractivity contribution in [2.45, 2.75) is 24.8 Å². The van der Waals surface area contributed by atoms with Crippen LogP contribution >= 0.6 is 0 Å². The summed E-state index contributed by atoms with van der Waals surface area (Å²) in [5.41, 5.74) is 0.797. The van der Waals surface area contributed by atoms with E-state index in [1.165, 1.54) is 23.5 Å². The fourth-order valence-corrected chi connectivity index (χ4v) is 3.73. The Morgan fingerprint density at radius 2 is 1.96 bits per heavy atom. The van der Waals surface area contributed by atoms with Crippen LogP contribution in [0.2, 0.25) is 0 Å². The topological polar surface area (TPSA) is 93.4 Å². The maximum Gasteiger partial charge on any atom is 0.270 e. The van der Waals surface area contributed by atoms with Crippen molar-refractivity contribution in [3.8, 4) is 0 Å². The number of aryl methyl sites for hydroxylation is 1. The summed E-state index contributed by atoms with van der Waals surface area (Å²) in [6.07, 6.45) is 1.59. The largest absolute Gasteiger partial charge is 0.270 e. The van der Waals surface area contributed by atoms with Crippen molar-refractivity contribution >= 4 is 15.7 Å². The van der Waals surface area contributed by atoms with Gasteiger partial charge in [-0.3, -0.25) is 15.1 Å². The number of benzene rings is 1. The Labute approximate surface area is 134 Å². The van der Waals surface area contributed by atoms with Crippen molar-refractivity contribution in [2.24, 2.45) is 0 Å². The predicted molar refractivity (Wildman–Crippen MR) is 85.4 cm³/mol. The lowest BCUT2D eigenvalue weighted by Gasteiger charge is -2.24. The van der Waals surface area contributed by atoms with Gasteiger partial charge in [-0.2, -0.15) is 4.31 Å². The molecule has 7 nitrogen and oxygen atoms in total. The summed E-state index contributed by atoms with van der Waals surface area (Å²) in [6.45, 7) is 3.32. The first-order valence-electron chi connectivity index (χ1n) is 6.89. The lowest BCUT2D eigenvalue weighted by molar-refractivity contribution is -0.385. The average molecular weight is 335 g/mol. The molecule has 0 aliphatic carbocycles. The first kappa shape index (κ1) is 17.0. The van der Waals surface area contributed by atoms with Crippen LogP contribution in [0.15, 0.2) is 47.5 Å². The first-order chi connectivity index (χ1) is 10.7. The quantitative estimate of drug-likeness (QED) is 0.618. The number of non-ortho nitro benzene ring substituents is 1. The molecule has 0 spiro atoms. The summed E-state index contributed by atoms with van der Waals surface area (Å²) >= 11 is 0. The first-order valence-corrected chi connectivity index (χ1v) is 8.33. The minimum absolute atomic E-state index is 0.0722. The molecule has 0 radical (unpaired) electrons. The second kappa shape index (κ2) is 6.43. The summed E-state index contributed by atoms with van der Waals surface area (Å²) < 4.78 is 26.8. The molecule has 1 atom stereocenters.